The third-order valence-corrected chi connectivity index (χ3v) is 3.13. The number of nitrogens with zero attached hydrogens (tertiary/aromatic N) is 1. The van der Waals surface area contributed by atoms with Gasteiger partial charge in [-0.3, -0.25) is 4.79 Å². The molecule has 114 valence electrons. The molecule has 0 atom stereocenters. The standard InChI is InChI=1S/C17H18N2O3/c1-12-5-3-4-6-15(12)22-11-13-7-9-14(10-8-13)16(17(18)20)19-21-2/h3-10H,11H2,1-2H3,(H2,18,20)/b19-16+. The van der Waals surface area contributed by atoms with Crippen molar-refractivity contribution in [1.29, 1.82) is 0 Å². The van der Waals surface area contributed by atoms with E-state index < -0.39 is 5.91 Å². The zero-order valence-electron chi connectivity index (χ0n) is 12.6. The smallest absolute Gasteiger partial charge is 0.271 e. The van der Waals surface area contributed by atoms with Crippen LogP contribution in [-0.2, 0) is 16.2 Å². The fourth-order valence-corrected chi connectivity index (χ4v) is 1.97. The first kappa shape index (κ1) is 15.6. The van der Waals surface area contributed by atoms with Gasteiger partial charge in [0.05, 0.1) is 0 Å². The van der Waals surface area contributed by atoms with Crippen LogP contribution in [0.5, 0.6) is 5.75 Å². The molecule has 0 spiro atoms. The summed E-state index contributed by atoms with van der Waals surface area (Å²) in [5.41, 5.74) is 8.03. The normalized spacial score (nSPS) is 11.1. The SMILES string of the molecule is CO/N=C(/C(N)=O)c1ccc(COc2ccccc2C)cc1. The number of aryl methyl sites for hydroxylation is 1. The van der Waals surface area contributed by atoms with Gasteiger partial charge in [0.1, 0.15) is 19.5 Å². The van der Waals surface area contributed by atoms with Gasteiger partial charge in [-0.25, -0.2) is 0 Å². The molecule has 22 heavy (non-hydrogen) atoms. The maximum absolute atomic E-state index is 11.3. The van der Waals surface area contributed by atoms with E-state index in [9.17, 15) is 4.79 Å². The van der Waals surface area contributed by atoms with Gasteiger partial charge < -0.3 is 15.3 Å². The predicted octanol–water partition coefficient (Wildman–Crippen LogP) is 2.41. The number of nitrogens with two attached hydrogens (primary N) is 1. The zero-order valence-corrected chi connectivity index (χ0v) is 12.6. The molecule has 0 saturated carbocycles. The number of rotatable bonds is 6. The van der Waals surface area contributed by atoms with E-state index in [4.69, 9.17) is 10.5 Å². The van der Waals surface area contributed by atoms with E-state index in [2.05, 4.69) is 9.99 Å². The number of amides is 1. The molecule has 0 aliphatic rings. The van der Waals surface area contributed by atoms with Crippen LogP contribution in [0.1, 0.15) is 16.7 Å². The Balaban J connectivity index is 2.08. The van der Waals surface area contributed by atoms with Crippen molar-refractivity contribution >= 4 is 11.6 Å². The second-order valence-corrected chi connectivity index (χ2v) is 4.74. The number of carbonyl (C=O) groups is 1. The number of oxime groups is 1. The molecular formula is C17H18N2O3. The van der Waals surface area contributed by atoms with E-state index in [0.29, 0.717) is 12.2 Å². The van der Waals surface area contributed by atoms with Crippen LogP contribution in [-0.4, -0.2) is 18.7 Å². The van der Waals surface area contributed by atoms with E-state index >= 15 is 0 Å². The van der Waals surface area contributed by atoms with Crippen LogP contribution in [0, 0.1) is 6.92 Å². The van der Waals surface area contributed by atoms with Crippen LogP contribution in [0.25, 0.3) is 0 Å². The van der Waals surface area contributed by atoms with Gasteiger partial charge in [0.2, 0.25) is 0 Å². The highest BCUT2D eigenvalue weighted by molar-refractivity contribution is 6.44. The first-order valence-corrected chi connectivity index (χ1v) is 6.80. The average molecular weight is 298 g/mol. The monoisotopic (exact) mass is 298 g/mol. The van der Waals surface area contributed by atoms with Crippen molar-refractivity contribution in [3.05, 3.63) is 65.2 Å². The Hall–Kier alpha value is -2.82. The third-order valence-electron chi connectivity index (χ3n) is 3.13. The lowest BCUT2D eigenvalue weighted by atomic mass is 10.1. The summed E-state index contributed by atoms with van der Waals surface area (Å²) in [4.78, 5) is 15.9. The number of hydrogen-bond acceptors (Lipinski definition) is 4. The first-order valence-electron chi connectivity index (χ1n) is 6.80. The molecule has 0 radical (unpaired) electrons. The Kier molecular flexibility index (Phi) is 5.14. The number of benzene rings is 2. The van der Waals surface area contributed by atoms with Crippen LogP contribution < -0.4 is 10.5 Å². The van der Waals surface area contributed by atoms with E-state index in [1.807, 2.05) is 43.3 Å². The molecule has 2 aromatic rings. The number of carbonyl (C=O) groups excluding carboxylic acids is 1. The minimum Gasteiger partial charge on any atom is -0.489 e. The fourth-order valence-electron chi connectivity index (χ4n) is 1.97. The fraction of sp³-hybridized carbons (Fsp3) is 0.176. The summed E-state index contributed by atoms with van der Waals surface area (Å²) in [7, 11) is 1.37. The quantitative estimate of drug-likeness (QED) is 0.657. The summed E-state index contributed by atoms with van der Waals surface area (Å²) >= 11 is 0. The molecule has 0 fully saturated rings. The van der Waals surface area contributed by atoms with Gasteiger partial charge in [-0.2, -0.15) is 0 Å². The van der Waals surface area contributed by atoms with Gasteiger partial charge in [0.25, 0.3) is 5.91 Å². The maximum atomic E-state index is 11.3. The van der Waals surface area contributed by atoms with Crippen molar-refractivity contribution < 1.29 is 14.4 Å². The molecule has 0 bridgehead atoms. The lowest BCUT2D eigenvalue weighted by Crippen LogP contribution is -2.24. The van der Waals surface area contributed by atoms with E-state index in [0.717, 1.165) is 16.9 Å². The molecule has 0 aliphatic heterocycles. The van der Waals surface area contributed by atoms with Gasteiger partial charge in [-0.05, 0) is 24.1 Å². The largest absolute Gasteiger partial charge is 0.489 e. The van der Waals surface area contributed by atoms with Crippen molar-refractivity contribution in [3.63, 3.8) is 0 Å². The molecule has 0 heterocycles. The van der Waals surface area contributed by atoms with Crippen LogP contribution in [0.4, 0.5) is 0 Å². The average Bonchev–Trinajstić information content (AvgIpc) is 2.52. The van der Waals surface area contributed by atoms with Crippen LogP contribution in [0.2, 0.25) is 0 Å². The third kappa shape index (κ3) is 3.85. The van der Waals surface area contributed by atoms with Gasteiger partial charge in [0.15, 0.2) is 5.71 Å². The van der Waals surface area contributed by atoms with Crippen molar-refractivity contribution in [2.24, 2.45) is 10.9 Å². The molecule has 2 aromatic carbocycles. The van der Waals surface area contributed by atoms with Crippen LogP contribution in [0.15, 0.2) is 53.7 Å². The Morgan fingerprint density at radius 2 is 1.82 bits per heavy atom. The van der Waals surface area contributed by atoms with Crippen molar-refractivity contribution in [1.82, 2.24) is 0 Å². The molecule has 2 rings (SSSR count). The second kappa shape index (κ2) is 7.26. The summed E-state index contributed by atoms with van der Waals surface area (Å²) in [6.45, 7) is 2.44. The topological polar surface area (TPSA) is 73.9 Å². The van der Waals surface area contributed by atoms with Crippen molar-refractivity contribution in [2.75, 3.05) is 7.11 Å². The zero-order chi connectivity index (χ0) is 15.9. The lowest BCUT2D eigenvalue weighted by molar-refractivity contribution is -0.112. The maximum Gasteiger partial charge on any atom is 0.271 e. The van der Waals surface area contributed by atoms with Gasteiger partial charge in [-0.1, -0.05) is 47.6 Å². The summed E-state index contributed by atoms with van der Waals surface area (Å²) < 4.78 is 5.77. The summed E-state index contributed by atoms with van der Waals surface area (Å²) in [5.74, 6) is 0.219. The summed E-state index contributed by atoms with van der Waals surface area (Å²) in [5, 5.41) is 3.64. The van der Waals surface area contributed by atoms with Crippen LogP contribution in [0.3, 0.4) is 0 Å². The second-order valence-electron chi connectivity index (χ2n) is 4.74. The minimum atomic E-state index is -0.634. The first-order chi connectivity index (χ1) is 10.6. The van der Waals surface area contributed by atoms with Crippen molar-refractivity contribution in [3.8, 4) is 5.75 Å². The Labute approximate surface area is 129 Å². The van der Waals surface area contributed by atoms with E-state index in [1.165, 1.54) is 7.11 Å². The molecule has 0 unspecified atom stereocenters. The van der Waals surface area contributed by atoms with Crippen molar-refractivity contribution in [2.45, 2.75) is 13.5 Å². The number of hydrogen-bond donors (Lipinski definition) is 1. The Morgan fingerprint density at radius 3 is 2.41 bits per heavy atom. The molecule has 0 aromatic heterocycles. The summed E-state index contributed by atoms with van der Waals surface area (Å²) in [6.07, 6.45) is 0. The van der Waals surface area contributed by atoms with Crippen LogP contribution >= 0.6 is 0 Å². The van der Waals surface area contributed by atoms with E-state index in [1.54, 1.807) is 12.1 Å². The lowest BCUT2D eigenvalue weighted by Gasteiger charge is -2.09. The van der Waals surface area contributed by atoms with Gasteiger partial charge >= 0.3 is 0 Å². The highest BCUT2D eigenvalue weighted by atomic mass is 16.6. The number of para-hydroxylation sites is 1. The molecule has 5 nitrogen and oxygen atoms in total. The van der Waals surface area contributed by atoms with Gasteiger partial charge in [-0.15, -0.1) is 0 Å². The number of primary amides is 1. The molecule has 2 N–H and O–H groups in total. The molecule has 0 saturated heterocycles. The van der Waals surface area contributed by atoms with E-state index in [-0.39, 0.29) is 5.71 Å². The molecule has 1 amide bonds. The highest BCUT2D eigenvalue weighted by Crippen LogP contribution is 2.18. The van der Waals surface area contributed by atoms with Gasteiger partial charge in [0, 0.05) is 5.56 Å². The Bertz CT molecular complexity index is 679. The predicted molar refractivity (Wildman–Crippen MR) is 84.7 cm³/mol. The Morgan fingerprint density at radius 1 is 1.14 bits per heavy atom. The highest BCUT2D eigenvalue weighted by Gasteiger charge is 2.11. The minimum absolute atomic E-state index is 0.0915. The number of ether oxygens (including phenoxy) is 1. The summed E-state index contributed by atoms with van der Waals surface area (Å²) in [6, 6.07) is 15.1. The molecule has 5 heteroatoms. The molecule has 0 aliphatic carbocycles. The molecular weight excluding hydrogens is 280 g/mol.